The molecule has 1 aromatic carbocycles. The highest BCUT2D eigenvalue weighted by molar-refractivity contribution is 5.54. The third kappa shape index (κ3) is 4.91. The van der Waals surface area contributed by atoms with E-state index in [1.54, 1.807) is 24.3 Å². The minimum absolute atomic E-state index is 0.177. The summed E-state index contributed by atoms with van der Waals surface area (Å²) in [6.45, 7) is -0.786. The number of nitrogens with one attached hydrogen (secondary N) is 2. The molecule has 0 radical (unpaired) electrons. The molecule has 0 spiro atoms. The zero-order valence-electron chi connectivity index (χ0n) is 15.3. The van der Waals surface area contributed by atoms with Gasteiger partial charge < -0.3 is 50.7 Å². The highest BCUT2D eigenvalue weighted by Gasteiger charge is 2.37. The van der Waals surface area contributed by atoms with E-state index in [2.05, 4.69) is 10.6 Å². The van der Waals surface area contributed by atoms with Gasteiger partial charge in [0.25, 0.3) is 0 Å². The first-order valence-corrected chi connectivity index (χ1v) is 9.29. The van der Waals surface area contributed by atoms with Crippen molar-refractivity contribution in [3.63, 3.8) is 0 Å². The van der Waals surface area contributed by atoms with Gasteiger partial charge in [0.2, 0.25) is 0 Å². The van der Waals surface area contributed by atoms with Crippen LogP contribution in [0.2, 0.25) is 0 Å². The zero-order valence-corrected chi connectivity index (χ0v) is 15.3. The Kier molecular flexibility index (Phi) is 7.07. The van der Waals surface area contributed by atoms with Crippen LogP contribution in [0.4, 0.5) is 11.4 Å². The minimum Gasteiger partial charge on any atom is -0.394 e. The van der Waals surface area contributed by atoms with Crippen LogP contribution in [0.1, 0.15) is 12.8 Å². The first kappa shape index (κ1) is 21.2. The number of hydrogen-bond donors (Lipinski definition) is 8. The van der Waals surface area contributed by atoms with Crippen molar-refractivity contribution < 1.29 is 40.1 Å². The van der Waals surface area contributed by atoms with Crippen LogP contribution in [-0.2, 0) is 9.47 Å². The molecule has 0 aromatic heterocycles. The molecule has 10 heteroatoms. The Morgan fingerprint density at radius 1 is 0.714 bits per heavy atom. The van der Waals surface area contributed by atoms with Gasteiger partial charge in [-0.2, -0.15) is 0 Å². The standard InChI is InChI=1S/C18H28N2O8/c21-7-13-17(25)11(23)5-15(27-13)19-9-1-2-10(4-3-9)20-16-6-12(24)18(26)14(8-22)28-16/h1-4,11-26H,5-8H2. The quantitative estimate of drug-likeness (QED) is 0.272. The Morgan fingerprint density at radius 2 is 1.07 bits per heavy atom. The van der Waals surface area contributed by atoms with Gasteiger partial charge in [0.15, 0.2) is 0 Å². The molecule has 2 aliphatic rings. The van der Waals surface area contributed by atoms with Crippen LogP contribution < -0.4 is 10.6 Å². The smallest absolute Gasteiger partial charge is 0.130 e. The van der Waals surface area contributed by atoms with Crippen LogP contribution in [0.25, 0.3) is 0 Å². The molecule has 0 aliphatic carbocycles. The van der Waals surface area contributed by atoms with Gasteiger partial charge in [-0.15, -0.1) is 0 Å². The zero-order chi connectivity index (χ0) is 20.3. The summed E-state index contributed by atoms with van der Waals surface area (Å²) in [6.07, 6.45) is -6.70. The normalized spacial score (nSPS) is 38.8. The van der Waals surface area contributed by atoms with E-state index in [0.29, 0.717) is 11.4 Å². The van der Waals surface area contributed by atoms with E-state index in [0.717, 1.165) is 0 Å². The molecule has 8 N–H and O–H groups in total. The van der Waals surface area contributed by atoms with Crippen LogP contribution in [-0.4, -0.2) is 92.9 Å². The molecular formula is C18H28N2O8. The maximum absolute atomic E-state index is 9.87. The molecule has 2 heterocycles. The van der Waals surface area contributed by atoms with Gasteiger partial charge in [-0.1, -0.05) is 0 Å². The van der Waals surface area contributed by atoms with Crippen LogP contribution in [0, 0.1) is 0 Å². The largest absolute Gasteiger partial charge is 0.394 e. The van der Waals surface area contributed by atoms with Crippen molar-refractivity contribution in [3.8, 4) is 0 Å². The average Bonchev–Trinajstić information content (AvgIpc) is 2.68. The van der Waals surface area contributed by atoms with Gasteiger partial charge in [0, 0.05) is 24.2 Å². The van der Waals surface area contributed by atoms with E-state index >= 15 is 0 Å². The maximum atomic E-state index is 9.87. The van der Waals surface area contributed by atoms with E-state index in [9.17, 15) is 30.6 Å². The third-order valence-corrected chi connectivity index (χ3v) is 5.04. The molecule has 1 aromatic rings. The van der Waals surface area contributed by atoms with E-state index in [1.807, 2.05) is 0 Å². The van der Waals surface area contributed by atoms with Gasteiger partial charge in [-0.3, -0.25) is 0 Å². The molecule has 8 unspecified atom stereocenters. The third-order valence-electron chi connectivity index (χ3n) is 5.04. The summed E-state index contributed by atoms with van der Waals surface area (Å²) in [6, 6.07) is 7.09. The highest BCUT2D eigenvalue weighted by Crippen LogP contribution is 2.25. The second-order valence-electron chi connectivity index (χ2n) is 7.14. The molecule has 158 valence electrons. The fourth-order valence-electron chi connectivity index (χ4n) is 3.43. The molecule has 0 amide bonds. The lowest BCUT2D eigenvalue weighted by Crippen LogP contribution is -2.51. The summed E-state index contributed by atoms with van der Waals surface area (Å²) < 4.78 is 11.1. The Morgan fingerprint density at radius 3 is 1.39 bits per heavy atom. The van der Waals surface area contributed by atoms with Crippen molar-refractivity contribution in [2.45, 2.75) is 61.9 Å². The summed E-state index contributed by atoms with van der Waals surface area (Å²) in [4.78, 5) is 0. The second kappa shape index (κ2) is 9.33. The number of hydrogen-bond acceptors (Lipinski definition) is 10. The topological polar surface area (TPSA) is 164 Å². The van der Waals surface area contributed by atoms with Gasteiger partial charge in [0.1, 0.15) is 36.9 Å². The number of rotatable bonds is 6. The van der Waals surface area contributed by atoms with E-state index in [-0.39, 0.29) is 12.8 Å². The Balaban J connectivity index is 1.55. The molecule has 2 aliphatic heterocycles. The number of aliphatic hydroxyl groups is 6. The van der Waals surface area contributed by atoms with E-state index in [1.165, 1.54) is 0 Å². The summed E-state index contributed by atoms with van der Waals surface area (Å²) in [5.74, 6) is 0. The van der Waals surface area contributed by atoms with Crippen LogP contribution in [0.3, 0.4) is 0 Å². The molecule has 0 saturated carbocycles. The monoisotopic (exact) mass is 400 g/mol. The lowest BCUT2D eigenvalue weighted by molar-refractivity contribution is -0.172. The first-order chi connectivity index (χ1) is 13.4. The van der Waals surface area contributed by atoms with Gasteiger partial charge in [0.05, 0.1) is 25.4 Å². The van der Waals surface area contributed by atoms with Crippen LogP contribution >= 0.6 is 0 Å². The predicted molar refractivity (Wildman–Crippen MR) is 98.4 cm³/mol. The Bertz CT molecular complexity index is 565. The van der Waals surface area contributed by atoms with Crippen molar-refractivity contribution in [1.29, 1.82) is 0 Å². The maximum Gasteiger partial charge on any atom is 0.130 e. The molecule has 8 atom stereocenters. The number of ether oxygens (including phenoxy) is 2. The Hall–Kier alpha value is -1.50. The van der Waals surface area contributed by atoms with Crippen molar-refractivity contribution in [1.82, 2.24) is 0 Å². The molecule has 10 nitrogen and oxygen atoms in total. The molecule has 3 rings (SSSR count). The Labute approximate surface area is 162 Å². The van der Waals surface area contributed by atoms with Crippen molar-refractivity contribution in [2.24, 2.45) is 0 Å². The van der Waals surface area contributed by atoms with E-state index in [4.69, 9.17) is 9.47 Å². The first-order valence-electron chi connectivity index (χ1n) is 9.29. The van der Waals surface area contributed by atoms with Crippen molar-refractivity contribution >= 4 is 11.4 Å². The lowest BCUT2D eigenvalue weighted by atomic mass is 10.0. The molecular weight excluding hydrogens is 372 g/mol. The fraction of sp³-hybridized carbons (Fsp3) is 0.667. The molecule has 28 heavy (non-hydrogen) atoms. The second-order valence-corrected chi connectivity index (χ2v) is 7.14. The minimum atomic E-state index is -1.12. The number of benzene rings is 1. The number of anilines is 2. The summed E-state index contributed by atoms with van der Waals surface area (Å²) in [5.41, 5.74) is 1.42. The lowest BCUT2D eigenvalue weighted by Gasteiger charge is -2.37. The van der Waals surface area contributed by atoms with Crippen molar-refractivity contribution in [3.05, 3.63) is 24.3 Å². The summed E-state index contributed by atoms with van der Waals surface area (Å²) in [7, 11) is 0. The highest BCUT2D eigenvalue weighted by atomic mass is 16.5. The predicted octanol–water partition coefficient (Wildman–Crippen LogP) is -1.83. The molecule has 2 saturated heterocycles. The summed E-state index contributed by atoms with van der Waals surface area (Å²) >= 11 is 0. The SMILES string of the molecule is OCC1OC(Nc2ccc(NC3CC(O)C(O)C(CO)O3)cc2)CC(O)C1O. The molecule has 0 bridgehead atoms. The molecule has 2 fully saturated rings. The van der Waals surface area contributed by atoms with Gasteiger partial charge >= 0.3 is 0 Å². The van der Waals surface area contributed by atoms with Crippen LogP contribution in [0.15, 0.2) is 24.3 Å². The number of aliphatic hydroxyl groups excluding tert-OH is 6. The van der Waals surface area contributed by atoms with Gasteiger partial charge in [-0.05, 0) is 24.3 Å². The summed E-state index contributed by atoms with van der Waals surface area (Å²) in [5, 5.41) is 63.9. The fourth-order valence-corrected chi connectivity index (χ4v) is 3.43. The average molecular weight is 400 g/mol. The van der Waals surface area contributed by atoms with Crippen molar-refractivity contribution in [2.75, 3.05) is 23.8 Å². The van der Waals surface area contributed by atoms with Crippen LogP contribution in [0.5, 0.6) is 0 Å². The van der Waals surface area contributed by atoms with E-state index < -0.39 is 62.3 Å². The van der Waals surface area contributed by atoms with Gasteiger partial charge in [-0.25, -0.2) is 0 Å².